The second-order valence-corrected chi connectivity index (χ2v) is 4.60. The fraction of sp³-hybridized carbons (Fsp3) is 0.500. The Morgan fingerprint density at radius 3 is 2.20 bits per heavy atom. The molecular formula is C12H15BrO2. The van der Waals surface area contributed by atoms with Gasteiger partial charge in [0.15, 0.2) is 11.6 Å². The quantitative estimate of drug-likeness (QED) is 0.738. The van der Waals surface area contributed by atoms with E-state index in [9.17, 15) is 9.59 Å². The molecule has 0 unspecified atom stereocenters. The van der Waals surface area contributed by atoms with Crippen LogP contribution in [0.2, 0.25) is 0 Å². The van der Waals surface area contributed by atoms with Gasteiger partial charge < -0.3 is 0 Å². The molecule has 0 radical (unpaired) electrons. The monoisotopic (exact) mass is 270 g/mol. The molecule has 0 bridgehead atoms. The van der Waals surface area contributed by atoms with Crippen LogP contribution in [0.5, 0.6) is 0 Å². The topological polar surface area (TPSA) is 34.1 Å². The van der Waals surface area contributed by atoms with Gasteiger partial charge in [0.1, 0.15) is 0 Å². The standard InChI is InChI=1S/C12H15BrO2/c1-4-5-6-9-7(2)12(15)10(13)8(3)11(9)14/h4-6H2,1-3H3. The van der Waals surface area contributed by atoms with Crippen molar-refractivity contribution in [3.8, 4) is 0 Å². The fourth-order valence-corrected chi connectivity index (χ4v) is 2.10. The molecule has 1 aliphatic carbocycles. The smallest absolute Gasteiger partial charge is 0.196 e. The van der Waals surface area contributed by atoms with Crippen LogP contribution in [-0.4, -0.2) is 11.6 Å². The number of carbonyl (C=O) groups is 2. The van der Waals surface area contributed by atoms with E-state index in [1.54, 1.807) is 13.8 Å². The van der Waals surface area contributed by atoms with E-state index < -0.39 is 0 Å². The fourth-order valence-electron chi connectivity index (χ4n) is 1.62. The van der Waals surface area contributed by atoms with Crippen LogP contribution in [0.1, 0.15) is 40.0 Å². The van der Waals surface area contributed by atoms with E-state index >= 15 is 0 Å². The van der Waals surface area contributed by atoms with Crippen LogP contribution in [-0.2, 0) is 9.59 Å². The molecule has 0 heterocycles. The molecule has 0 saturated carbocycles. The third kappa shape index (κ3) is 2.28. The van der Waals surface area contributed by atoms with Crippen molar-refractivity contribution in [2.45, 2.75) is 40.0 Å². The van der Waals surface area contributed by atoms with Crippen molar-refractivity contribution in [2.75, 3.05) is 0 Å². The third-order valence-electron chi connectivity index (χ3n) is 2.72. The Morgan fingerprint density at radius 2 is 1.67 bits per heavy atom. The van der Waals surface area contributed by atoms with Crippen LogP contribution in [0.25, 0.3) is 0 Å². The van der Waals surface area contributed by atoms with Crippen LogP contribution in [0.3, 0.4) is 0 Å². The SMILES string of the molecule is CCCCC1=C(C)C(=O)C(Br)=C(C)C1=O. The van der Waals surface area contributed by atoms with Crippen molar-refractivity contribution in [1.82, 2.24) is 0 Å². The van der Waals surface area contributed by atoms with E-state index in [-0.39, 0.29) is 11.6 Å². The van der Waals surface area contributed by atoms with E-state index in [1.165, 1.54) is 0 Å². The molecule has 0 aromatic carbocycles. The van der Waals surface area contributed by atoms with Crippen molar-refractivity contribution in [3.05, 3.63) is 21.2 Å². The van der Waals surface area contributed by atoms with Crippen molar-refractivity contribution in [3.63, 3.8) is 0 Å². The normalized spacial score (nSPS) is 17.9. The summed E-state index contributed by atoms with van der Waals surface area (Å²) < 4.78 is 0.422. The number of halogens is 1. The first kappa shape index (κ1) is 12.4. The number of rotatable bonds is 3. The minimum Gasteiger partial charge on any atom is -0.289 e. The molecule has 82 valence electrons. The van der Waals surface area contributed by atoms with Gasteiger partial charge in [-0.05, 0) is 42.6 Å². The minimum absolute atomic E-state index is 0.0208. The molecule has 0 atom stereocenters. The van der Waals surface area contributed by atoms with E-state index in [2.05, 4.69) is 22.9 Å². The summed E-state index contributed by atoms with van der Waals surface area (Å²) in [6.45, 7) is 5.51. The van der Waals surface area contributed by atoms with Crippen LogP contribution in [0.15, 0.2) is 21.2 Å². The van der Waals surface area contributed by atoms with Crippen molar-refractivity contribution in [2.24, 2.45) is 0 Å². The lowest BCUT2D eigenvalue weighted by Crippen LogP contribution is -2.19. The van der Waals surface area contributed by atoms with Crippen LogP contribution < -0.4 is 0 Å². The summed E-state index contributed by atoms with van der Waals surface area (Å²) in [7, 11) is 0. The van der Waals surface area contributed by atoms with Crippen molar-refractivity contribution in [1.29, 1.82) is 0 Å². The van der Waals surface area contributed by atoms with Gasteiger partial charge in [-0.15, -0.1) is 0 Å². The van der Waals surface area contributed by atoms with Gasteiger partial charge in [-0.25, -0.2) is 0 Å². The molecule has 0 saturated heterocycles. The van der Waals surface area contributed by atoms with Gasteiger partial charge in [0, 0.05) is 16.7 Å². The van der Waals surface area contributed by atoms with E-state index in [4.69, 9.17) is 0 Å². The van der Waals surface area contributed by atoms with Gasteiger partial charge in [-0.1, -0.05) is 13.3 Å². The maximum absolute atomic E-state index is 11.9. The lowest BCUT2D eigenvalue weighted by molar-refractivity contribution is -0.116. The van der Waals surface area contributed by atoms with Crippen LogP contribution in [0.4, 0.5) is 0 Å². The van der Waals surface area contributed by atoms with Gasteiger partial charge >= 0.3 is 0 Å². The Hall–Kier alpha value is -0.700. The number of hydrogen-bond donors (Lipinski definition) is 0. The number of hydrogen-bond acceptors (Lipinski definition) is 2. The number of allylic oxidation sites excluding steroid dienone is 4. The zero-order valence-electron chi connectivity index (χ0n) is 9.32. The second-order valence-electron chi connectivity index (χ2n) is 3.80. The molecule has 1 aliphatic rings. The zero-order chi connectivity index (χ0) is 11.6. The molecule has 0 aromatic rings. The van der Waals surface area contributed by atoms with Crippen molar-refractivity contribution >= 4 is 27.5 Å². The molecule has 2 nitrogen and oxygen atoms in total. The molecule has 15 heavy (non-hydrogen) atoms. The van der Waals surface area contributed by atoms with E-state index in [0.717, 1.165) is 12.8 Å². The Balaban J connectivity index is 3.05. The van der Waals surface area contributed by atoms with Crippen molar-refractivity contribution < 1.29 is 9.59 Å². The Labute approximate surface area is 98.6 Å². The molecule has 0 spiro atoms. The predicted molar refractivity (Wildman–Crippen MR) is 63.9 cm³/mol. The summed E-state index contributed by atoms with van der Waals surface area (Å²) in [6.07, 6.45) is 2.70. The number of unbranched alkanes of at least 4 members (excludes halogenated alkanes) is 1. The van der Waals surface area contributed by atoms with E-state index in [1.807, 2.05) is 0 Å². The molecule has 3 heteroatoms. The second kappa shape index (κ2) is 4.88. The molecular weight excluding hydrogens is 256 g/mol. The minimum atomic E-state index is -0.0433. The number of ketones is 2. The average Bonchev–Trinajstić information content (AvgIpc) is 2.24. The van der Waals surface area contributed by atoms with Gasteiger partial charge in [0.05, 0.1) is 4.48 Å². The molecule has 1 rings (SSSR count). The summed E-state index contributed by atoms with van der Waals surface area (Å²) in [4.78, 5) is 23.6. The highest BCUT2D eigenvalue weighted by molar-refractivity contribution is 9.12. The molecule has 0 N–H and O–H groups in total. The van der Waals surface area contributed by atoms with E-state index in [0.29, 0.717) is 27.6 Å². The molecule has 0 aliphatic heterocycles. The highest BCUT2D eigenvalue weighted by Crippen LogP contribution is 2.30. The third-order valence-corrected chi connectivity index (χ3v) is 3.67. The van der Waals surface area contributed by atoms with Gasteiger partial charge in [0.2, 0.25) is 0 Å². The first-order valence-electron chi connectivity index (χ1n) is 5.16. The summed E-state index contributed by atoms with van der Waals surface area (Å²) in [5, 5.41) is 0. The Bertz CT molecular complexity index is 375. The van der Waals surface area contributed by atoms with Gasteiger partial charge in [-0.3, -0.25) is 9.59 Å². The number of carbonyl (C=O) groups excluding carboxylic acids is 2. The van der Waals surface area contributed by atoms with Crippen LogP contribution in [0, 0.1) is 0 Å². The highest BCUT2D eigenvalue weighted by atomic mass is 79.9. The average molecular weight is 271 g/mol. The maximum atomic E-state index is 11.9. The summed E-state index contributed by atoms with van der Waals surface area (Å²) in [5.41, 5.74) is 1.84. The first-order chi connectivity index (χ1) is 7.00. The maximum Gasteiger partial charge on any atom is 0.196 e. The summed E-state index contributed by atoms with van der Waals surface area (Å²) in [5.74, 6) is -0.0226. The largest absolute Gasteiger partial charge is 0.289 e. The highest BCUT2D eigenvalue weighted by Gasteiger charge is 2.27. The Kier molecular flexibility index (Phi) is 4.03. The summed E-state index contributed by atoms with van der Waals surface area (Å²) in [6, 6.07) is 0. The molecule has 0 aromatic heterocycles. The van der Waals surface area contributed by atoms with Gasteiger partial charge in [0.25, 0.3) is 0 Å². The predicted octanol–water partition coefficient (Wildman–Crippen LogP) is 3.31. The number of Topliss-reactive ketones (excluding diaryl/α,β-unsaturated/α-hetero) is 2. The molecule has 0 amide bonds. The summed E-state index contributed by atoms with van der Waals surface area (Å²) >= 11 is 3.17. The van der Waals surface area contributed by atoms with Gasteiger partial charge in [-0.2, -0.15) is 0 Å². The lowest BCUT2D eigenvalue weighted by Gasteiger charge is -2.17. The molecule has 0 fully saturated rings. The zero-order valence-corrected chi connectivity index (χ0v) is 10.9. The first-order valence-corrected chi connectivity index (χ1v) is 5.95. The lowest BCUT2D eigenvalue weighted by atomic mass is 9.88. The Morgan fingerprint density at radius 1 is 1.07 bits per heavy atom. The van der Waals surface area contributed by atoms with Crippen LogP contribution >= 0.6 is 15.9 Å².